The smallest absolute Gasteiger partial charge is 0.489 e. The third-order valence-corrected chi connectivity index (χ3v) is 3.32. The van der Waals surface area contributed by atoms with E-state index < -0.39 is 7.12 Å². The Hall–Kier alpha value is -1.78. The van der Waals surface area contributed by atoms with E-state index in [2.05, 4.69) is 19.1 Å². The first kappa shape index (κ1) is 12.3. The normalized spacial score (nSPS) is 13.5. The molecule has 1 aliphatic rings. The lowest BCUT2D eigenvalue weighted by molar-refractivity contribution is 0.274. The highest BCUT2D eigenvalue weighted by molar-refractivity contribution is 6.62. The van der Waals surface area contributed by atoms with Gasteiger partial charge in [-0.25, -0.2) is 0 Å². The van der Waals surface area contributed by atoms with Crippen molar-refractivity contribution in [1.29, 1.82) is 0 Å². The molecule has 2 aromatic rings. The van der Waals surface area contributed by atoms with Crippen LogP contribution in [0.15, 0.2) is 42.5 Å². The fourth-order valence-electron chi connectivity index (χ4n) is 2.22. The number of fused-ring (bicyclic) bond motifs is 1. The SMILES string of the molecule is Cc1ccc(COc2cccc3c2B(O)OC3)cc1. The molecular weight excluding hydrogens is 239 g/mol. The van der Waals surface area contributed by atoms with E-state index >= 15 is 0 Å². The van der Waals surface area contributed by atoms with Gasteiger partial charge in [-0.3, -0.25) is 0 Å². The van der Waals surface area contributed by atoms with Gasteiger partial charge in [-0.2, -0.15) is 0 Å². The zero-order chi connectivity index (χ0) is 13.2. The van der Waals surface area contributed by atoms with Gasteiger partial charge in [0.05, 0.1) is 6.61 Å². The van der Waals surface area contributed by atoms with Crippen LogP contribution >= 0.6 is 0 Å². The molecule has 0 saturated heterocycles. The van der Waals surface area contributed by atoms with Gasteiger partial charge in [0, 0.05) is 5.46 Å². The maximum Gasteiger partial charge on any atom is 0.495 e. The van der Waals surface area contributed by atoms with Crippen molar-refractivity contribution >= 4 is 12.6 Å². The van der Waals surface area contributed by atoms with E-state index in [-0.39, 0.29) is 0 Å². The summed E-state index contributed by atoms with van der Waals surface area (Å²) in [7, 11) is -0.871. The lowest BCUT2D eigenvalue weighted by Crippen LogP contribution is -2.29. The predicted molar refractivity (Wildman–Crippen MR) is 74.3 cm³/mol. The number of ether oxygens (including phenoxy) is 1. The van der Waals surface area contributed by atoms with Gasteiger partial charge in [0.25, 0.3) is 0 Å². The van der Waals surface area contributed by atoms with E-state index in [0.717, 1.165) is 16.6 Å². The quantitative estimate of drug-likeness (QED) is 0.848. The van der Waals surface area contributed by atoms with Gasteiger partial charge < -0.3 is 14.4 Å². The summed E-state index contributed by atoms with van der Waals surface area (Å²) in [4.78, 5) is 0. The molecule has 0 bridgehead atoms. The average Bonchev–Trinajstić information content (AvgIpc) is 2.81. The maximum atomic E-state index is 9.79. The van der Waals surface area contributed by atoms with Crippen LogP contribution in [-0.4, -0.2) is 12.1 Å². The second-order valence-electron chi connectivity index (χ2n) is 4.77. The number of hydrogen-bond donors (Lipinski definition) is 1. The van der Waals surface area contributed by atoms with Crippen molar-refractivity contribution in [1.82, 2.24) is 0 Å². The lowest BCUT2D eigenvalue weighted by Gasteiger charge is -2.11. The minimum absolute atomic E-state index is 0.443. The summed E-state index contributed by atoms with van der Waals surface area (Å²) in [5, 5.41) is 9.79. The Bertz CT molecular complexity index is 580. The van der Waals surface area contributed by atoms with Gasteiger partial charge in [-0.15, -0.1) is 0 Å². The van der Waals surface area contributed by atoms with E-state index in [9.17, 15) is 5.02 Å². The fourth-order valence-corrected chi connectivity index (χ4v) is 2.22. The summed E-state index contributed by atoms with van der Waals surface area (Å²) in [6.07, 6.45) is 0. The molecule has 4 heteroatoms. The molecule has 1 aliphatic heterocycles. The van der Waals surface area contributed by atoms with Gasteiger partial charge in [0.1, 0.15) is 12.4 Å². The first-order valence-electron chi connectivity index (χ1n) is 6.34. The summed E-state index contributed by atoms with van der Waals surface area (Å²) in [6.45, 7) is 2.99. The topological polar surface area (TPSA) is 38.7 Å². The van der Waals surface area contributed by atoms with Crippen molar-refractivity contribution < 1.29 is 14.4 Å². The Morgan fingerprint density at radius 3 is 2.79 bits per heavy atom. The van der Waals surface area contributed by atoms with Crippen LogP contribution in [0.2, 0.25) is 0 Å². The van der Waals surface area contributed by atoms with Crippen LogP contribution < -0.4 is 10.2 Å². The van der Waals surface area contributed by atoms with E-state index in [0.29, 0.717) is 19.0 Å². The summed E-state index contributed by atoms with van der Waals surface area (Å²) in [5.74, 6) is 0.697. The van der Waals surface area contributed by atoms with Gasteiger partial charge in [0.2, 0.25) is 0 Å². The second-order valence-corrected chi connectivity index (χ2v) is 4.77. The molecule has 0 fully saturated rings. The number of hydrogen-bond acceptors (Lipinski definition) is 3. The van der Waals surface area contributed by atoms with Crippen LogP contribution in [0.25, 0.3) is 0 Å². The van der Waals surface area contributed by atoms with Crippen LogP contribution in [0.5, 0.6) is 5.75 Å². The molecule has 0 amide bonds. The summed E-state index contributed by atoms with van der Waals surface area (Å²) >= 11 is 0. The van der Waals surface area contributed by atoms with Crippen molar-refractivity contribution in [2.45, 2.75) is 20.1 Å². The molecule has 0 unspecified atom stereocenters. The van der Waals surface area contributed by atoms with E-state index in [1.807, 2.05) is 30.3 Å². The predicted octanol–water partition coefficient (Wildman–Crippen LogP) is 1.79. The second kappa shape index (κ2) is 5.07. The van der Waals surface area contributed by atoms with Crippen molar-refractivity contribution in [3.63, 3.8) is 0 Å². The Morgan fingerprint density at radius 2 is 2.00 bits per heavy atom. The van der Waals surface area contributed by atoms with Crippen molar-refractivity contribution in [2.75, 3.05) is 0 Å². The molecule has 0 atom stereocenters. The molecule has 0 spiro atoms. The molecule has 3 nitrogen and oxygen atoms in total. The molecule has 0 saturated carbocycles. The van der Waals surface area contributed by atoms with E-state index in [4.69, 9.17) is 9.39 Å². The molecule has 2 aromatic carbocycles. The Labute approximate surface area is 112 Å². The first-order valence-corrected chi connectivity index (χ1v) is 6.34. The lowest BCUT2D eigenvalue weighted by atomic mass is 9.79. The minimum atomic E-state index is -0.871. The Balaban J connectivity index is 1.77. The van der Waals surface area contributed by atoms with Crippen molar-refractivity contribution in [3.8, 4) is 5.75 Å². The molecule has 0 aliphatic carbocycles. The number of rotatable bonds is 3. The van der Waals surface area contributed by atoms with Crippen LogP contribution in [0, 0.1) is 6.92 Å². The molecule has 3 rings (SSSR count). The van der Waals surface area contributed by atoms with Crippen LogP contribution in [-0.2, 0) is 17.9 Å². The molecular formula is C15H15BO3. The van der Waals surface area contributed by atoms with Crippen LogP contribution in [0.3, 0.4) is 0 Å². The largest absolute Gasteiger partial charge is 0.495 e. The molecule has 1 N–H and O–H groups in total. The van der Waals surface area contributed by atoms with Crippen LogP contribution in [0.4, 0.5) is 0 Å². The summed E-state index contributed by atoms with van der Waals surface area (Å²) < 4.78 is 11.0. The molecule has 0 radical (unpaired) electrons. The highest BCUT2D eigenvalue weighted by Crippen LogP contribution is 2.19. The third kappa shape index (κ3) is 2.50. The van der Waals surface area contributed by atoms with Crippen molar-refractivity contribution in [2.24, 2.45) is 0 Å². The average molecular weight is 254 g/mol. The fraction of sp³-hybridized carbons (Fsp3) is 0.200. The zero-order valence-corrected chi connectivity index (χ0v) is 10.8. The Morgan fingerprint density at radius 1 is 1.21 bits per heavy atom. The Kier molecular flexibility index (Phi) is 3.28. The molecule has 1 heterocycles. The van der Waals surface area contributed by atoms with Gasteiger partial charge >= 0.3 is 7.12 Å². The molecule has 19 heavy (non-hydrogen) atoms. The summed E-state index contributed by atoms with van der Waals surface area (Å²) in [5.41, 5.74) is 4.09. The number of benzene rings is 2. The number of aryl methyl sites for hydroxylation is 1. The standard InChI is InChI=1S/C15H15BO3/c1-11-5-7-12(8-6-11)9-18-14-4-2-3-13-10-19-16(17)15(13)14/h2-8,17H,9-10H2,1H3. The van der Waals surface area contributed by atoms with Crippen LogP contribution in [0.1, 0.15) is 16.7 Å². The minimum Gasteiger partial charge on any atom is -0.489 e. The monoisotopic (exact) mass is 254 g/mol. The maximum absolute atomic E-state index is 9.79. The molecule has 0 aromatic heterocycles. The third-order valence-electron chi connectivity index (χ3n) is 3.32. The van der Waals surface area contributed by atoms with E-state index in [1.165, 1.54) is 5.56 Å². The highest BCUT2D eigenvalue weighted by atomic mass is 16.5. The highest BCUT2D eigenvalue weighted by Gasteiger charge is 2.30. The van der Waals surface area contributed by atoms with E-state index in [1.54, 1.807) is 0 Å². The first-order chi connectivity index (χ1) is 9.24. The van der Waals surface area contributed by atoms with Gasteiger partial charge in [-0.05, 0) is 24.1 Å². The van der Waals surface area contributed by atoms with Gasteiger partial charge in [-0.1, -0.05) is 42.0 Å². The zero-order valence-electron chi connectivity index (χ0n) is 10.8. The molecule has 96 valence electrons. The van der Waals surface area contributed by atoms with Crippen molar-refractivity contribution in [3.05, 3.63) is 59.2 Å². The van der Waals surface area contributed by atoms with Gasteiger partial charge in [0.15, 0.2) is 0 Å². The summed E-state index contributed by atoms with van der Waals surface area (Å²) in [6, 6.07) is 14.0.